The van der Waals surface area contributed by atoms with Crippen molar-refractivity contribution >= 4 is 10.9 Å². The summed E-state index contributed by atoms with van der Waals surface area (Å²) in [6.45, 7) is 0. The highest BCUT2D eigenvalue weighted by molar-refractivity contribution is 5.86. The molecule has 0 atom stereocenters. The molecule has 5 aromatic carbocycles. The minimum atomic E-state index is -0.565. The van der Waals surface area contributed by atoms with Crippen molar-refractivity contribution in [1.82, 2.24) is 9.97 Å². The average molecular weight is 539 g/mol. The first kappa shape index (κ1) is 24.3. The first-order valence-electron chi connectivity index (χ1n) is 14.2. The smallest absolute Gasteiger partial charge is 0.128 e. The molecule has 0 unspecified atom stereocenters. The molecule has 2 aromatic heterocycles. The van der Waals surface area contributed by atoms with Crippen LogP contribution >= 0.6 is 0 Å². The summed E-state index contributed by atoms with van der Waals surface area (Å²) in [5.41, 5.74) is 9.38. The highest BCUT2D eigenvalue weighted by Crippen LogP contribution is 2.55. The van der Waals surface area contributed by atoms with Gasteiger partial charge in [-0.15, -0.1) is 0 Å². The molecule has 0 aliphatic heterocycles. The molecule has 3 heteroatoms. The topological polar surface area (TPSA) is 35.0 Å². The lowest BCUT2D eigenvalue weighted by Gasteiger charge is -2.32. The van der Waals surface area contributed by atoms with Crippen molar-refractivity contribution in [2.24, 2.45) is 0 Å². The van der Waals surface area contributed by atoms with Gasteiger partial charge in [0.05, 0.1) is 22.3 Å². The van der Waals surface area contributed by atoms with Crippen molar-refractivity contribution in [2.75, 3.05) is 0 Å². The van der Waals surface area contributed by atoms with E-state index in [1.165, 1.54) is 22.3 Å². The van der Waals surface area contributed by atoms with Gasteiger partial charge in [0.2, 0.25) is 0 Å². The van der Waals surface area contributed by atoms with Gasteiger partial charge in [0.1, 0.15) is 11.5 Å². The maximum atomic E-state index is 6.54. The van der Waals surface area contributed by atoms with Crippen LogP contribution in [0.25, 0.3) is 33.3 Å². The average Bonchev–Trinajstić information content (AvgIpc) is 3.36. The molecular weight excluding hydrogens is 512 g/mol. The van der Waals surface area contributed by atoms with Crippen molar-refractivity contribution in [2.45, 2.75) is 5.41 Å². The third kappa shape index (κ3) is 3.82. The van der Waals surface area contributed by atoms with E-state index in [9.17, 15) is 0 Å². The van der Waals surface area contributed by atoms with Gasteiger partial charge in [0.15, 0.2) is 0 Å². The molecule has 0 amide bonds. The van der Waals surface area contributed by atoms with Crippen molar-refractivity contribution in [3.8, 4) is 33.9 Å². The molecule has 0 N–H and O–H groups in total. The third-order valence-electron chi connectivity index (χ3n) is 8.23. The Bertz CT molecular complexity index is 2040. The van der Waals surface area contributed by atoms with Gasteiger partial charge in [-0.05, 0) is 76.3 Å². The van der Waals surface area contributed by atoms with E-state index in [-0.39, 0.29) is 0 Å². The summed E-state index contributed by atoms with van der Waals surface area (Å²) in [5.74, 6) is 1.53. The van der Waals surface area contributed by atoms with Crippen LogP contribution in [-0.4, -0.2) is 9.97 Å². The lowest BCUT2D eigenvalue weighted by molar-refractivity contribution is 0.481. The molecule has 2 heterocycles. The zero-order chi connectivity index (χ0) is 27.9. The van der Waals surface area contributed by atoms with Crippen LogP contribution in [-0.2, 0) is 5.41 Å². The number of ether oxygens (including phenoxy) is 1. The molecule has 8 rings (SSSR count). The molecule has 3 nitrogen and oxygen atoms in total. The Labute approximate surface area is 244 Å². The molecule has 0 spiro atoms. The molecule has 0 saturated heterocycles. The highest BCUT2D eigenvalue weighted by atomic mass is 16.5. The lowest BCUT2D eigenvalue weighted by Crippen LogP contribution is -2.29. The molecule has 1 aliphatic carbocycles. The van der Waals surface area contributed by atoms with E-state index in [4.69, 9.17) is 14.7 Å². The van der Waals surface area contributed by atoms with Crippen LogP contribution in [0.5, 0.6) is 11.5 Å². The highest BCUT2D eigenvalue weighted by Gasteiger charge is 2.47. The zero-order valence-corrected chi connectivity index (χ0v) is 22.8. The summed E-state index contributed by atoms with van der Waals surface area (Å²) in [5, 5.41) is 1.13. The number of benzene rings is 5. The maximum absolute atomic E-state index is 6.54. The summed E-state index contributed by atoms with van der Waals surface area (Å²) in [6, 6.07) is 52.5. The number of hydrogen-bond donors (Lipinski definition) is 0. The number of para-hydroxylation sites is 1. The van der Waals surface area contributed by atoms with Crippen molar-refractivity contribution in [3.05, 3.63) is 180 Å². The Morgan fingerprint density at radius 2 is 1.21 bits per heavy atom. The second kappa shape index (κ2) is 9.83. The molecule has 198 valence electrons. The van der Waals surface area contributed by atoms with E-state index in [1.807, 2.05) is 48.7 Å². The Morgan fingerprint density at radius 3 is 2.00 bits per heavy atom. The van der Waals surface area contributed by atoms with E-state index in [0.29, 0.717) is 0 Å². The van der Waals surface area contributed by atoms with Crippen LogP contribution < -0.4 is 4.74 Å². The fourth-order valence-electron chi connectivity index (χ4n) is 6.43. The molecule has 1 aliphatic rings. The van der Waals surface area contributed by atoms with E-state index in [1.54, 1.807) is 0 Å². The summed E-state index contributed by atoms with van der Waals surface area (Å²) in [7, 11) is 0. The maximum Gasteiger partial charge on any atom is 0.128 e. The molecule has 0 fully saturated rings. The normalized spacial score (nSPS) is 13.0. The van der Waals surface area contributed by atoms with Crippen LogP contribution in [0.1, 0.15) is 22.4 Å². The molecule has 0 radical (unpaired) electrons. The van der Waals surface area contributed by atoms with Gasteiger partial charge < -0.3 is 4.74 Å². The largest absolute Gasteiger partial charge is 0.457 e. The summed E-state index contributed by atoms with van der Waals surface area (Å²) in [6.07, 6.45) is 1.88. The van der Waals surface area contributed by atoms with E-state index < -0.39 is 5.41 Å². The Kier molecular flexibility index (Phi) is 5.68. The SMILES string of the molecule is c1ccc(C2(c3cccc(Oc4cccc(-c5ccc6ccccc6n5)c4)c3)c3ccccc3-c3ccccc32)nc1. The van der Waals surface area contributed by atoms with Crippen LogP contribution in [0.2, 0.25) is 0 Å². The third-order valence-corrected chi connectivity index (χ3v) is 8.23. The van der Waals surface area contributed by atoms with Gasteiger partial charge in [0.25, 0.3) is 0 Å². The molecule has 7 aromatic rings. The van der Waals surface area contributed by atoms with Crippen LogP contribution in [0.3, 0.4) is 0 Å². The molecular formula is C39H26N2O. The molecule has 0 saturated carbocycles. The van der Waals surface area contributed by atoms with Crippen molar-refractivity contribution in [1.29, 1.82) is 0 Å². The first-order valence-corrected chi connectivity index (χ1v) is 14.2. The Hall–Kier alpha value is -5.54. The second-order valence-corrected chi connectivity index (χ2v) is 10.6. The quantitative estimate of drug-likeness (QED) is 0.219. The summed E-state index contributed by atoms with van der Waals surface area (Å²) in [4.78, 5) is 9.82. The van der Waals surface area contributed by atoms with Gasteiger partial charge in [-0.3, -0.25) is 4.98 Å². The van der Waals surface area contributed by atoms with Gasteiger partial charge in [-0.1, -0.05) is 103 Å². The molecule has 42 heavy (non-hydrogen) atoms. The number of hydrogen-bond acceptors (Lipinski definition) is 3. The number of pyridine rings is 2. The van der Waals surface area contributed by atoms with Crippen LogP contribution in [0.15, 0.2) is 158 Å². The van der Waals surface area contributed by atoms with Gasteiger partial charge >= 0.3 is 0 Å². The fourth-order valence-corrected chi connectivity index (χ4v) is 6.43. The Morgan fingerprint density at radius 1 is 0.524 bits per heavy atom. The minimum Gasteiger partial charge on any atom is -0.457 e. The second-order valence-electron chi connectivity index (χ2n) is 10.6. The van der Waals surface area contributed by atoms with E-state index >= 15 is 0 Å². The minimum absolute atomic E-state index is 0.565. The lowest BCUT2D eigenvalue weighted by atomic mass is 9.70. The fraction of sp³-hybridized carbons (Fsp3) is 0.0256. The number of aromatic nitrogens is 2. The Balaban J connectivity index is 1.23. The number of fused-ring (bicyclic) bond motifs is 4. The van der Waals surface area contributed by atoms with Gasteiger partial charge in [0, 0.05) is 17.1 Å². The first-order chi connectivity index (χ1) is 20.8. The molecule has 0 bridgehead atoms. The van der Waals surface area contributed by atoms with Gasteiger partial charge in [-0.25, -0.2) is 4.98 Å². The summed E-state index contributed by atoms with van der Waals surface area (Å²) >= 11 is 0. The van der Waals surface area contributed by atoms with Crippen molar-refractivity contribution in [3.63, 3.8) is 0 Å². The zero-order valence-electron chi connectivity index (χ0n) is 22.8. The monoisotopic (exact) mass is 538 g/mol. The predicted molar refractivity (Wildman–Crippen MR) is 169 cm³/mol. The summed E-state index contributed by atoms with van der Waals surface area (Å²) < 4.78 is 6.54. The standard InChI is InChI=1S/C39H26N2O/c1-6-20-36-27(11-1)22-23-37(41-36)28-12-9-14-30(25-28)42-31-15-10-13-29(26-31)39(38-21-7-8-24-40-38)34-18-4-2-16-32(34)33-17-3-5-19-35(33)39/h1-26H. The van der Waals surface area contributed by atoms with Gasteiger partial charge in [-0.2, -0.15) is 0 Å². The van der Waals surface area contributed by atoms with Crippen LogP contribution in [0, 0.1) is 0 Å². The number of rotatable bonds is 5. The van der Waals surface area contributed by atoms with Crippen molar-refractivity contribution < 1.29 is 4.74 Å². The number of nitrogens with zero attached hydrogens (tertiary/aromatic N) is 2. The van der Waals surface area contributed by atoms with E-state index in [2.05, 4.69) is 109 Å². The van der Waals surface area contributed by atoms with E-state index in [0.717, 1.165) is 44.9 Å². The van der Waals surface area contributed by atoms with Crippen LogP contribution in [0.4, 0.5) is 0 Å². The predicted octanol–water partition coefficient (Wildman–Crippen LogP) is 9.45.